The Kier molecular flexibility index (Phi) is 5.15. The lowest BCUT2D eigenvalue weighted by Gasteiger charge is -2.33. The van der Waals surface area contributed by atoms with E-state index < -0.39 is 6.10 Å². The first-order valence-electron chi connectivity index (χ1n) is 8.16. The van der Waals surface area contributed by atoms with Crippen LogP contribution < -0.4 is 5.32 Å². The van der Waals surface area contributed by atoms with Gasteiger partial charge in [0.2, 0.25) is 5.91 Å². The van der Waals surface area contributed by atoms with Crippen LogP contribution in [0.3, 0.4) is 0 Å². The minimum atomic E-state index is -0.468. The first kappa shape index (κ1) is 17.5. The van der Waals surface area contributed by atoms with Crippen molar-refractivity contribution in [3.63, 3.8) is 0 Å². The highest BCUT2D eigenvalue weighted by Gasteiger charge is 2.31. The van der Waals surface area contributed by atoms with Gasteiger partial charge in [-0.3, -0.25) is 4.79 Å². The standard InChI is InChI=1S/C19H27NO3/c1-12(2)17(21)19(4,5)11-20-18(22)13(3)16-10-14-8-6-7-9-15(14)23-16/h6-10,12-13,17,21H,11H2,1-5H3,(H,20,22). The van der Waals surface area contributed by atoms with E-state index in [1.807, 2.05) is 65.0 Å². The van der Waals surface area contributed by atoms with Crippen molar-refractivity contribution in [2.45, 2.75) is 46.6 Å². The Labute approximate surface area is 137 Å². The smallest absolute Gasteiger partial charge is 0.230 e. The van der Waals surface area contributed by atoms with E-state index in [4.69, 9.17) is 4.42 Å². The summed E-state index contributed by atoms with van der Waals surface area (Å²) in [6.07, 6.45) is -0.468. The molecule has 1 aromatic carbocycles. The lowest BCUT2D eigenvalue weighted by Crippen LogP contribution is -2.44. The number of benzene rings is 1. The van der Waals surface area contributed by atoms with Crippen LogP contribution >= 0.6 is 0 Å². The second-order valence-corrected chi connectivity index (χ2v) is 7.30. The Hall–Kier alpha value is -1.81. The summed E-state index contributed by atoms with van der Waals surface area (Å²) in [5.74, 6) is 0.350. The van der Waals surface area contributed by atoms with Crippen LogP contribution in [0.25, 0.3) is 11.0 Å². The summed E-state index contributed by atoms with van der Waals surface area (Å²) in [5, 5.41) is 14.2. The molecule has 0 aliphatic carbocycles. The molecular weight excluding hydrogens is 290 g/mol. The van der Waals surface area contributed by atoms with Gasteiger partial charge < -0.3 is 14.8 Å². The van der Waals surface area contributed by atoms with Crippen LogP contribution in [-0.4, -0.2) is 23.7 Å². The van der Waals surface area contributed by atoms with E-state index in [0.29, 0.717) is 12.3 Å². The van der Waals surface area contributed by atoms with Crippen LogP contribution in [0.5, 0.6) is 0 Å². The Morgan fingerprint density at radius 2 is 1.91 bits per heavy atom. The van der Waals surface area contributed by atoms with E-state index in [-0.39, 0.29) is 23.2 Å². The van der Waals surface area contributed by atoms with Crippen molar-refractivity contribution in [2.24, 2.45) is 11.3 Å². The van der Waals surface area contributed by atoms with Gasteiger partial charge in [-0.2, -0.15) is 0 Å². The minimum Gasteiger partial charge on any atom is -0.460 e. The summed E-state index contributed by atoms with van der Waals surface area (Å²) in [4.78, 5) is 12.4. The zero-order valence-electron chi connectivity index (χ0n) is 14.6. The number of amides is 1. The van der Waals surface area contributed by atoms with E-state index in [1.54, 1.807) is 0 Å². The van der Waals surface area contributed by atoms with E-state index in [0.717, 1.165) is 11.0 Å². The van der Waals surface area contributed by atoms with E-state index >= 15 is 0 Å². The predicted octanol–water partition coefficient (Wildman–Crippen LogP) is 3.70. The molecule has 23 heavy (non-hydrogen) atoms. The number of carbonyl (C=O) groups is 1. The molecule has 0 aliphatic rings. The zero-order chi connectivity index (χ0) is 17.2. The molecule has 2 unspecified atom stereocenters. The van der Waals surface area contributed by atoms with Crippen LogP contribution in [-0.2, 0) is 4.79 Å². The third-order valence-electron chi connectivity index (χ3n) is 4.42. The van der Waals surface area contributed by atoms with E-state index in [1.165, 1.54) is 0 Å². The molecule has 0 bridgehead atoms. The maximum atomic E-state index is 12.4. The largest absolute Gasteiger partial charge is 0.460 e. The topological polar surface area (TPSA) is 62.5 Å². The number of nitrogens with one attached hydrogen (secondary N) is 1. The molecule has 4 nitrogen and oxygen atoms in total. The van der Waals surface area contributed by atoms with Gasteiger partial charge in [0.15, 0.2) is 0 Å². The molecule has 0 aliphatic heterocycles. The monoisotopic (exact) mass is 317 g/mol. The SMILES string of the molecule is CC(C(=O)NCC(C)(C)C(O)C(C)C)c1cc2ccccc2o1. The fourth-order valence-electron chi connectivity index (χ4n) is 2.82. The molecular formula is C19H27NO3. The number of hydrogen-bond donors (Lipinski definition) is 2. The molecule has 0 fully saturated rings. The molecule has 2 aromatic rings. The molecule has 1 amide bonds. The first-order chi connectivity index (χ1) is 10.7. The van der Waals surface area contributed by atoms with Crippen LogP contribution in [0, 0.1) is 11.3 Å². The van der Waals surface area contributed by atoms with Gasteiger partial charge in [-0.15, -0.1) is 0 Å². The van der Waals surface area contributed by atoms with Crippen molar-refractivity contribution in [3.8, 4) is 0 Å². The number of furan rings is 1. The fraction of sp³-hybridized carbons (Fsp3) is 0.526. The molecule has 0 spiro atoms. The second-order valence-electron chi connectivity index (χ2n) is 7.30. The molecule has 1 aromatic heterocycles. The molecule has 0 saturated carbocycles. The quantitative estimate of drug-likeness (QED) is 0.854. The summed E-state index contributed by atoms with van der Waals surface area (Å²) < 4.78 is 5.76. The van der Waals surface area contributed by atoms with E-state index in [9.17, 15) is 9.90 Å². The van der Waals surface area contributed by atoms with Crippen LogP contribution in [0.1, 0.15) is 46.3 Å². The van der Waals surface area contributed by atoms with Gasteiger partial charge in [-0.1, -0.05) is 45.9 Å². The maximum Gasteiger partial charge on any atom is 0.230 e. The summed E-state index contributed by atoms with van der Waals surface area (Å²) in [6, 6.07) is 9.63. The van der Waals surface area contributed by atoms with Crippen molar-refractivity contribution in [2.75, 3.05) is 6.54 Å². The highest BCUT2D eigenvalue weighted by atomic mass is 16.3. The summed E-state index contributed by atoms with van der Waals surface area (Å²) in [7, 11) is 0. The number of aliphatic hydroxyl groups excluding tert-OH is 1. The normalized spacial score (nSPS) is 14.9. The first-order valence-corrected chi connectivity index (χ1v) is 8.16. The molecule has 2 rings (SSSR count). The number of para-hydroxylation sites is 1. The number of hydrogen-bond acceptors (Lipinski definition) is 3. The number of rotatable bonds is 6. The highest BCUT2D eigenvalue weighted by Crippen LogP contribution is 2.27. The summed E-state index contributed by atoms with van der Waals surface area (Å²) in [5.41, 5.74) is 0.412. The fourth-order valence-corrected chi connectivity index (χ4v) is 2.82. The van der Waals surface area contributed by atoms with Crippen molar-refractivity contribution >= 4 is 16.9 Å². The predicted molar refractivity (Wildman–Crippen MR) is 92.3 cm³/mol. The van der Waals surface area contributed by atoms with Gasteiger partial charge in [0, 0.05) is 17.3 Å². The lowest BCUT2D eigenvalue weighted by atomic mass is 9.80. The molecule has 2 N–H and O–H groups in total. The molecule has 0 radical (unpaired) electrons. The van der Waals surface area contributed by atoms with Crippen molar-refractivity contribution in [1.82, 2.24) is 5.32 Å². The van der Waals surface area contributed by atoms with E-state index in [2.05, 4.69) is 5.32 Å². The van der Waals surface area contributed by atoms with Gasteiger partial charge in [-0.05, 0) is 25.0 Å². The zero-order valence-corrected chi connectivity index (χ0v) is 14.6. The Morgan fingerprint density at radius 1 is 1.26 bits per heavy atom. The Balaban J connectivity index is 2.02. The average Bonchev–Trinajstić information content (AvgIpc) is 2.94. The van der Waals surface area contributed by atoms with Gasteiger partial charge in [0.05, 0.1) is 12.0 Å². The number of aliphatic hydroxyl groups is 1. The highest BCUT2D eigenvalue weighted by molar-refractivity contribution is 5.85. The van der Waals surface area contributed by atoms with Gasteiger partial charge in [0.25, 0.3) is 0 Å². The average molecular weight is 317 g/mol. The molecule has 2 atom stereocenters. The van der Waals surface area contributed by atoms with Crippen molar-refractivity contribution in [1.29, 1.82) is 0 Å². The van der Waals surface area contributed by atoms with Crippen molar-refractivity contribution in [3.05, 3.63) is 36.1 Å². The van der Waals surface area contributed by atoms with Crippen LogP contribution in [0.4, 0.5) is 0 Å². The number of carbonyl (C=O) groups excluding carboxylic acids is 1. The number of fused-ring (bicyclic) bond motifs is 1. The van der Waals surface area contributed by atoms with Crippen molar-refractivity contribution < 1.29 is 14.3 Å². The van der Waals surface area contributed by atoms with Gasteiger partial charge >= 0.3 is 0 Å². The Bertz CT molecular complexity index is 639. The molecule has 4 heteroatoms. The Morgan fingerprint density at radius 3 is 2.52 bits per heavy atom. The third-order valence-corrected chi connectivity index (χ3v) is 4.42. The minimum absolute atomic E-state index is 0.0897. The summed E-state index contributed by atoms with van der Waals surface area (Å²) in [6.45, 7) is 10.1. The lowest BCUT2D eigenvalue weighted by molar-refractivity contribution is -0.123. The van der Waals surface area contributed by atoms with Crippen LogP contribution in [0.15, 0.2) is 34.7 Å². The van der Waals surface area contributed by atoms with Gasteiger partial charge in [0.1, 0.15) is 11.3 Å². The maximum absolute atomic E-state index is 12.4. The second kappa shape index (κ2) is 6.75. The summed E-state index contributed by atoms with van der Waals surface area (Å²) >= 11 is 0. The molecule has 0 saturated heterocycles. The molecule has 1 heterocycles. The molecule has 126 valence electrons. The van der Waals surface area contributed by atoms with Crippen LogP contribution in [0.2, 0.25) is 0 Å². The third kappa shape index (κ3) is 3.94. The van der Waals surface area contributed by atoms with Gasteiger partial charge in [-0.25, -0.2) is 0 Å².